The zero-order valence-electron chi connectivity index (χ0n) is 39.0. The third kappa shape index (κ3) is 5.85. The van der Waals surface area contributed by atoms with Crippen molar-refractivity contribution >= 4 is 121 Å². The SMILES string of the molecule is [C-]#[N+]c1cc(-n2c3ccc(N(c4ccccc4)c4ccccc4)cc3c3c4oc5ccccc5c4ccc32)c(C#N)cc1-n1c2ccc(-n3c4ccccc4c4ccccc43)cc2c2c3ccccc3ccc21. The van der Waals surface area contributed by atoms with Gasteiger partial charge in [-0.2, -0.15) is 5.26 Å². The summed E-state index contributed by atoms with van der Waals surface area (Å²) >= 11 is 0. The van der Waals surface area contributed by atoms with Crippen LogP contribution in [0.5, 0.6) is 0 Å². The molecule has 0 amide bonds. The molecule has 0 aliphatic heterocycles. The van der Waals surface area contributed by atoms with Crippen molar-refractivity contribution in [1.82, 2.24) is 13.7 Å². The average molecular weight is 931 g/mol. The molecule has 0 aliphatic rings. The minimum atomic E-state index is 0.420. The van der Waals surface area contributed by atoms with Crippen molar-refractivity contribution in [3.05, 3.63) is 248 Å². The number of para-hydroxylation sites is 5. The molecule has 0 fully saturated rings. The maximum atomic E-state index is 11.4. The zero-order valence-corrected chi connectivity index (χ0v) is 39.0. The van der Waals surface area contributed by atoms with Crippen LogP contribution in [-0.2, 0) is 0 Å². The predicted molar refractivity (Wildman–Crippen MR) is 300 cm³/mol. The monoisotopic (exact) mass is 930 g/mol. The Morgan fingerprint density at radius 3 is 1.68 bits per heavy atom. The highest BCUT2D eigenvalue weighted by Crippen LogP contribution is 2.47. The molecule has 0 atom stereocenters. The van der Waals surface area contributed by atoms with Gasteiger partial charge in [0.15, 0.2) is 0 Å². The van der Waals surface area contributed by atoms with Crippen molar-refractivity contribution in [2.24, 2.45) is 0 Å². The van der Waals surface area contributed by atoms with Crippen molar-refractivity contribution < 1.29 is 4.42 Å². The molecule has 7 heteroatoms. The summed E-state index contributed by atoms with van der Waals surface area (Å²) in [5.74, 6) is 0. The first-order chi connectivity index (χ1) is 36.1. The summed E-state index contributed by atoms with van der Waals surface area (Å²) in [4.78, 5) is 6.55. The van der Waals surface area contributed by atoms with E-state index in [4.69, 9.17) is 11.0 Å². The van der Waals surface area contributed by atoms with E-state index in [1.165, 1.54) is 10.8 Å². The summed E-state index contributed by atoms with van der Waals surface area (Å²) < 4.78 is 13.5. The molecule has 4 heterocycles. The number of hydrogen-bond donors (Lipinski definition) is 0. The van der Waals surface area contributed by atoms with Crippen LogP contribution in [0.3, 0.4) is 0 Å². The molecule has 0 saturated heterocycles. The highest BCUT2D eigenvalue weighted by Gasteiger charge is 2.26. The van der Waals surface area contributed by atoms with Crippen LogP contribution in [-0.4, -0.2) is 13.7 Å². The maximum absolute atomic E-state index is 11.4. The van der Waals surface area contributed by atoms with E-state index in [1.54, 1.807) is 0 Å². The van der Waals surface area contributed by atoms with E-state index in [0.29, 0.717) is 22.6 Å². The third-order valence-corrected chi connectivity index (χ3v) is 14.8. The topological polar surface area (TPSA) is 59.3 Å². The Balaban J connectivity index is 0.991. The molecular weight excluding hydrogens is 893 g/mol. The molecule has 0 aliphatic carbocycles. The molecule has 338 valence electrons. The summed E-state index contributed by atoms with van der Waals surface area (Å²) in [6.45, 7) is 8.90. The third-order valence-electron chi connectivity index (χ3n) is 14.8. The van der Waals surface area contributed by atoms with Gasteiger partial charge in [0.05, 0.1) is 62.0 Å². The molecule has 73 heavy (non-hydrogen) atoms. The Morgan fingerprint density at radius 1 is 0.411 bits per heavy atom. The zero-order chi connectivity index (χ0) is 48.3. The van der Waals surface area contributed by atoms with Gasteiger partial charge >= 0.3 is 0 Å². The summed E-state index contributed by atoms with van der Waals surface area (Å²) in [5.41, 5.74) is 13.6. The fourth-order valence-electron chi connectivity index (χ4n) is 11.8. The number of furan rings is 1. The number of aromatic nitrogens is 3. The maximum Gasteiger partial charge on any atom is 0.212 e. The highest BCUT2D eigenvalue weighted by atomic mass is 16.3. The molecule has 0 radical (unpaired) electrons. The standard InChI is InChI=1S/C66H38N6O/c1-68-54-39-61(71-58-33-29-45(69(43-17-4-2-5-18-43)44-19-6-3-7-20-44)37-53(58)65-60(71)35-31-51-50-24-12-15-27-63(50)73-66(51)65)42(40-67)36-62(54)72-57-34-30-46(38-52(57)64-47-21-9-8-16-41(47)28-32-59(64)72)70-55-25-13-10-22-48(55)49-23-11-14-26-56(49)70/h2-39H. The van der Waals surface area contributed by atoms with Crippen LogP contribution in [0.15, 0.2) is 235 Å². The molecule has 0 N–H and O–H groups in total. The lowest BCUT2D eigenvalue weighted by Crippen LogP contribution is -2.09. The van der Waals surface area contributed by atoms with Crippen LogP contribution < -0.4 is 4.90 Å². The van der Waals surface area contributed by atoms with Crippen molar-refractivity contribution in [2.45, 2.75) is 0 Å². The second-order valence-corrected chi connectivity index (χ2v) is 18.6. The fraction of sp³-hybridized carbons (Fsp3) is 0. The molecule has 7 nitrogen and oxygen atoms in total. The molecule has 0 saturated carbocycles. The summed E-state index contributed by atoms with van der Waals surface area (Å²) in [6.07, 6.45) is 0. The number of nitriles is 1. The van der Waals surface area contributed by atoms with Gasteiger partial charge in [0.25, 0.3) is 0 Å². The van der Waals surface area contributed by atoms with Gasteiger partial charge < -0.3 is 23.0 Å². The van der Waals surface area contributed by atoms with Crippen LogP contribution in [0, 0.1) is 17.9 Å². The van der Waals surface area contributed by atoms with E-state index in [0.717, 1.165) is 110 Å². The molecule has 11 aromatic carbocycles. The Morgan fingerprint density at radius 2 is 0.973 bits per heavy atom. The number of rotatable bonds is 6. The Bertz CT molecular complexity index is 4790. The lowest BCUT2D eigenvalue weighted by Gasteiger charge is -2.25. The Hall–Kier alpha value is -10.3. The van der Waals surface area contributed by atoms with Crippen LogP contribution >= 0.6 is 0 Å². The molecule has 15 aromatic rings. The summed E-state index contributed by atoms with van der Waals surface area (Å²) in [6, 6.07) is 82.7. The molecule has 0 unspecified atom stereocenters. The average Bonchev–Trinajstić information content (AvgIpc) is 4.19. The fourth-order valence-corrected chi connectivity index (χ4v) is 11.8. The number of hydrogen-bond acceptors (Lipinski definition) is 3. The van der Waals surface area contributed by atoms with E-state index in [1.807, 2.05) is 42.5 Å². The summed E-state index contributed by atoms with van der Waals surface area (Å²) in [5, 5.41) is 22.1. The van der Waals surface area contributed by atoms with E-state index in [2.05, 4.69) is 218 Å². The van der Waals surface area contributed by atoms with Crippen LogP contribution in [0.1, 0.15) is 5.56 Å². The van der Waals surface area contributed by atoms with E-state index in [9.17, 15) is 5.26 Å². The minimum absolute atomic E-state index is 0.420. The van der Waals surface area contributed by atoms with Crippen molar-refractivity contribution in [1.29, 1.82) is 5.26 Å². The lowest BCUT2D eigenvalue weighted by atomic mass is 10.0. The van der Waals surface area contributed by atoms with Gasteiger partial charge in [-0.05, 0) is 120 Å². The van der Waals surface area contributed by atoms with E-state index < -0.39 is 0 Å². The van der Waals surface area contributed by atoms with Crippen molar-refractivity contribution in [3.63, 3.8) is 0 Å². The first-order valence-corrected chi connectivity index (χ1v) is 24.3. The smallest absolute Gasteiger partial charge is 0.212 e. The second-order valence-electron chi connectivity index (χ2n) is 18.6. The van der Waals surface area contributed by atoms with E-state index >= 15 is 0 Å². The first-order valence-electron chi connectivity index (χ1n) is 24.3. The number of nitrogens with zero attached hydrogens (tertiary/aromatic N) is 6. The summed E-state index contributed by atoms with van der Waals surface area (Å²) in [7, 11) is 0. The molecule has 4 aromatic heterocycles. The minimum Gasteiger partial charge on any atom is -0.455 e. The van der Waals surface area contributed by atoms with Crippen LogP contribution in [0.2, 0.25) is 0 Å². The second kappa shape index (κ2) is 15.6. The number of fused-ring (bicyclic) bond motifs is 15. The van der Waals surface area contributed by atoms with Gasteiger partial charge in [-0.1, -0.05) is 121 Å². The largest absolute Gasteiger partial charge is 0.455 e. The van der Waals surface area contributed by atoms with Crippen LogP contribution in [0.4, 0.5) is 22.7 Å². The van der Waals surface area contributed by atoms with Gasteiger partial charge in [-0.25, -0.2) is 4.85 Å². The van der Waals surface area contributed by atoms with Gasteiger partial charge in [-0.15, -0.1) is 0 Å². The highest BCUT2D eigenvalue weighted by molar-refractivity contribution is 6.25. The number of anilines is 3. The number of benzene rings is 11. The molecule has 0 bridgehead atoms. The van der Waals surface area contributed by atoms with E-state index in [-0.39, 0.29) is 0 Å². The van der Waals surface area contributed by atoms with Crippen LogP contribution in [0.25, 0.3) is 120 Å². The van der Waals surface area contributed by atoms with Gasteiger partial charge in [-0.3, -0.25) is 0 Å². The van der Waals surface area contributed by atoms with Gasteiger partial charge in [0.1, 0.15) is 17.2 Å². The molecule has 0 spiro atoms. The molecular formula is C66H38N6O. The predicted octanol–water partition coefficient (Wildman–Crippen LogP) is 17.9. The Labute approximate surface area is 417 Å². The normalized spacial score (nSPS) is 11.8. The lowest BCUT2D eigenvalue weighted by molar-refractivity contribution is 0.673. The van der Waals surface area contributed by atoms with Gasteiger partial charge in [0, 0.05) is 60.5 Å². The quantitative estimate of drug-likeness (QED) is 0.156. The Kier molecular flexibility index (Phi) is 8.65. The first kappa shape index (κ1) is 40.5. The van der Waals surface area contributed by atoms with Gasteiger partial charge in [0.2, 0.25) is 5.69 Å². The van der Waals surface area contributed by atoms with Crippen molar-refractivity contribution in [3.8, 4) is 23.1 Å². The van der Waals surface area contributed by atoms with Crippen molar-refractivity contribution in [2.75, 3.05) is 4.90 Å². The molecule has 15 rings (SSSR count).